The summed E-state index contributed by atoms with van der Waals surface area (Å²) < 4.78 is 0. The number of hydrogen-bond donors (Lipinski definition) is 0. The first-order valence-electron chi connectivity index (χ1n) is 4.75. The van der Waals surface area contributed by atoms with E-state index in [-0.39, 0.29) is 0 Å². The molecule has 0 bridgehead atoms. The fraction of sp³-hybridized carbons (Fsp3) is 0.143. The molecule has 0 aliphatic rings. The Kier molecular flexibility index (Phi) is 3.47. The van der Waals surface area contributed by atoms with Crippen LogP contribution in [-0.2, 0) is 0 Å². The molecule has 0 aliphatic heterocycles. The Hall–Kier alpha value is -1.56. The van der Waals surface area contributed by atoms with Crippen LogP contribution in [0.2, 0.25) is 0 Å². The van der Waals surface area contributed by atoms with Crippen LogP contribution >= 0.6 is 0 Å². The standard InChI is InChI=1S/C14H16/c1-5-11(4)14-10-8-9-12(6-2)13(14)7-3/h5-11H,1-3H2,4H3. The third-order valence-corrected chi connectivity index (χ3v) is 2.44. The summed E-state index contributed by atoms with van der Waals surface area (Å²) in [4.78, 5) is 0. The molecule has 0 heterocycles. The molecule has 0 N–H and O–H groups in total. The van der Waals surface area contributed by atoms with Gasteiger partial charge in [0.1, 0.15) is 0 Å². The SMILES string of the molecule is C=Cc1cccc(C(C)C=C)c1C=C. The molecule has 0 radical (unpaired) electrons. The predicted octanol–water partition coefficient (Wildman–Crippen LogP) is 4.26. The van der Waals surface area contributed by atoms with Gasteiger partial charge in [-0.1, -0.05) is 56.5 Å². The van der Waals surface area contributed by atoms with E-state index in [2.05, 4.69) is 32.7 Å². The Morgan fingerprint density at radius 2 is 1.86 bits per heavy atom. The van der Waals surface area contributed by atoms with Crippen molar-refractivity contribution in [1.29, 1.82) is 0 Å². The first-order valence-corrected chi connectivity index (χ1v) is 4.75. The maximum absolute atomic E-state index is 3.83. The van der Waals surface area contributed by atoms with E-state index in [1.807, 2.05) is 30.4 Å². The molecule has 0 heteroatoms. The highest BCUT2D eigenvalue weighted by molar-refractivity contribution is 5.67. The fourth-order valence-corrected chi connectivity index (χ4v) is 1.54. The second-order valence-corrected chi connectivity index (χ2v) is 3.28. The maximum Gasteiger partial charge on any atom is -0.000697 e. The normalized spacial score (nSPS) is 11.8. The molecule has 14 heavy (non-hydrogen) atoms. The first-order chi connectivity index (χ1) is 6.74. The molecule has 1 unspecified atom stereocenters. The third kappa shape index (κ3) is 1.85. The van der Waals surface area contributed by atoms with Crippen LogP contribution in [-0.4, -0.2) is 0 Å². The van der Waals surface area contributed by atoms with Crippen LogP contribution in [0.15, 0.2) is 44.0 Å². The van der Waals surface area contributed by atoms with E-state index in [0.29, 0.717) is 5.92 Å². The first kappa shape index (κ1) is 10.5. The Morgan fingerprint density at radius 1 is 1.14 bits per heavy atom. The summed E-state index contributed by atoms with van der Waals surface area (Å²) in [5, 5.41) is 0. The summed E-state index contributed by atoms with van der Waals surface area (Å²) in [5.74, 6) is 0.350. The van der Waals surface area contributed by atoms with E-state index >= 15 is 0 Å². The average molecular weight is 184 g/mol. The van der Waals surface area contributed by atoms with E-state index in [4.69, 9.17) is 0 Å². The molecule has 0 nitrogen and oxygen atoms in total. The van der Waals surface area contributed by atoms with Gasteiger partial charge in [-0.3, -0.25) is 0 Å². The number of allylic oxidation sites excluding steroid dienone is 1. The van der Waals surface area contributed by atoms with E-state index < -0.39 is 0 Å². The van der Waals surface area contributed by atoms with Gasteiger partial charge in [0.25, 0.3) is 0 Å². The van der Waals surface area contributed by atoms with E-state index in [1.165, 1.54) is 5.56 Å². The molecule has 0 saturated heterocycles. The molecule has 0 spiro atoms. The smallest absolute Gasteiger partial charge is 0.000697 e. The maximum atomic E-state index is 3.83. The molecule has 1 aromatic carbocycles. The molecule has 72 valence electrons. The lowest BCUT2D eigenvalue weighted by molar-refractivity contribution is 0.966. The monoisotopic (exact) mass is 184 g/mol. The van der Waals surface area contributed by atoms with Gasteiger partial charge in [-0.05, 0) is 22.6 Å². The van der Waals surface area contributed by atoms with Crippen LogP contribution in [0.5, 0.6) is 0 Å². The highest BCUT2D eigenvalue weighted by atomic mass is 14.1. The molecule has 0 aliphatic carbocycles. The molecule has 0 aromatic heterocycles. The molecule has 1 atom stereocenters. The lowest BCUT2D eigenvalue weighted by atomic mass is 9.92. The molecular weight excluding hydrogens is 168 g/mol. The van der Waals surface area contributed by atoms with Gasteiger partial charge >= 0.3 is 0 Å². The van der Waals surface area contributed by atoms with Crippen LogP contribution < -0.4 is 0 Å². The van der Waals surface area contributed by atoms with Crippen molar-refractivity contribution in [3.63, 3.8) is 0 Å². The number of benzene rings is 1. The Balaban J connectivity index is 3.35. The van der Waals surface area contributed by atoms with Gasteiger partial charge in [-0.15, -0.1) is 6.58 Å². The molecular formula is C14H16. The number of rotatable bonds is 4. The summed E-state index contributed by atoms with van der Waals surface area (Å²) >= 11 is 0. The minimum atomic E-state index is 0.350. The predicted molar refractivity (Wildman–Crippen MR) is 65.2 cm³/mol. The van der Waals surface area contributed by atoms with Crippen LogP contribution in [0.1, 0.15) is 29.5 Å². The highest BCUT2D eigenvalue weighted by Gasteiger charge is 2.07. The van der Waals surface area contributed by atoms with Crippen molar-refractivity contribution < 1.29 is 0 Å². The average Bonchev–Trinajstić information content (AvgIpc) is 2.26. The molecule has 0 saturated carbocycles. The topological polar surface area (TPSA) is 0 Å². The lowest BCUT2D eigenvalue weighted by Gasteiger charge is -2.12. The van der Waals surface area contributed by atoms with Crippen LogP contribution in [0.3, 0.4) is 0 Å². The molecule has 1 rings (SSSR count). The van der Waals surface area contributed by atoms with E-state index in [1.54, 1.807) is 0 Å². The number of hydrogen-bond acceptors (Lipinski definition) is 0. The second kappa shape index (κ2) is 4.61. The van der Waals surface area contributed by atoms with Gasteiger partial charge in [0.15, 0.2) is 0 Å². The summed E-state index contributed by atoms with van der Waals surface area (Å²) in [6, 6.07) is 6.19. The zero-order valence-electron chi connectivity index (χ0n) is 8.66. The van der Waals surface area contributed by atoms with E-state index in [9.17, 15) is 0 Å². The summed E-state index contributed by atoms with van der Waals surface area (Å²) in [6.45, 7) is 13.6. The highest BCUT2D eigenvalue weighted by Crippen LogP contribution is 2.25. The van der Waals surface area contributed by atoms with Crippen molar-refractivity contribution >= 4 is 12.2 Å². The molecule has 1 aromatic rings. The van der Waals surface area contributed by atoms with E-state index in [0.717, 1.165) is 11.1 Å². The minimum absolute atomic E-state index is 0.350. The van der Waals surface area contributed by atoms with Crippen molar-refractivity contribution in [2.24, 2.45) is 0 Å². The van der Waals surface area contributed by atoms with Gasteiger partial charge in [-0.2, -0.15) is 0 Å². The Bertz CT molecular complexity index is 358. The van der Waals surface area contributed by atoms with Crippen molar-refractivity contribution in [2.45, 2.75) is 12.8 Å². The van der Waals surface area contributed by atoms with Crippen LogP contribution in [0, 0.1) is 0 Å². The minimum Gasteiger partial charge on any atom is -0.102 e. The van der Waals surface area contributed by atoms with Gasteiger partial charge in [0.05, 0.1) is 0 Å². The van der Waals surface area contributed by atoms with Crippen LogP contribution in [0.4, 0.5) is 0 Å². The Morgan fingerprint density at radius 3 is 2.36 bits per heavy atom. The quantitative estimate of drug-likeness (QED) is 0.613. The summed E-state index contributed by atoms with van der Waals surface area (Å²) in [6.07, 6.45) is 5.68. The summed E-state index contributed by atoms with van der Waals surface area (Å²) in [5.41, 5.74) is 3.55. The van der Waals surface area contributed by atoms with Gasteiger partial charge < -0.3 is 0 Å². The van der Waals surface area contributed by atoms with Crippen LogP contribution in [0.25, 0.3) is 12.2 Å². The van der Waals surface area contributed by atoms with Gasteiger partial charge in [0, 0.05) is 0 Å². The zero-order chi connectivity index (χ0) is 10.6. The summed E-state index contributed by atoms with van der Waals surface area (Å²) in [7, 11) is 0. The second-order valence-electron chi connectivity index (χ2n) is 3.28. The fourth-order valence-electron chi connectivity index (χ4n) is 1.54. The van der Waals surface area contributed by atoms with Crippen molar-refractivity contribution in [3.8, 4) is 0 Å². The van der Waals surface area contributed by atoms with Gasteiger partial charge in [0.2, 0.25) is 0 Å². The Labute approximate surface area is 86.3 Å². The van der Waals surface area contributed by atoms with Crippen molar-refractivity contribution in [3.05, 3.63) is 60.7 Å². The lowest BCUT2D eigenvalue weighted by Crippen LogP contribution is -1.94. The molecule has 0 amide bonds. The van der Waals surface area contributed by atoms with Crippen molar-refractivity contribution in [1.82, 2.24) is 0 Å². The third-order valence-electron chi connectivity index (χ3n) is 2.44. The van der Waals surface area contributed by atoms with Crippen molar-refractivity contribution in [2.75, 3.05) is 0 Å². The zero-order valence-corrected chi connectivity index (χ0v) is 8.66. The largest absolute Gasteiger partial charge is 0.102 e. The molecule has 0 fully saturated rings. The van der Waals surface area contributed by atoms with Gasteiger partial charge in [-0.25, -0.2) is 0 Å².